The van der Waals surface area contributed by atoms with Crippen molar-refractivity contribution in [1.29, 1.82) is 0 Å². The van der Waals surface area contributed by atoms with Crippen LogP contribution in [0.4, 0.5) is 30.7 Å². The molecule has 1 aromatic carbocycles. The minimum atomic E-state index is -5.32. The van der Waals surface area contributed by atoms with E-state index in [-0.39, 0.29) is 12.1 Å². The van der Waals surface area contributed by atoms with Gasteiger partial charge in [0.2, 0.25) is 0 Å². The van der Waals surface area contributed by atoms with Crippen LogP contribution in [-0.4, -0.2) is 12.0 Å². The minimum Gasteiger partial charge on any atom is -0.872 e. The monoisotopic (exact) mass is 301 g/mol. The molecule has 0 unspecified atom stereocenters. The zero-order valence-corrected chi connectivity index (χ0v) is 9.27. The van der Waals surface area contributed by atoms with Gasteiger partial charge in [-0.2, -0.15) is 26.3 Å². The standard InChI is InChI=1S/C11H5F7O2/c12-7-2-1-5(3-6(7)10(13,14)15)8(19)4-9(20)11(16,17)18/h1-4,19H/p-1/b8-4-. The maximum atomic E-state index is 12.9. The highest BCUT2D eigenvalue weighted by molar-refractivity contribution is 5.98. The number of carbonyl (C=O) groups excluding carboxylic acids is 1. The van der Waals surface area contributed by atoms with Crippen molar-refractivity contribution in [3.63, 3.8) is 0 Å². The van der Waals surface area contributed by atoms with Crippen molar-refractivity contribution in [1.82, 2.24) is 0 Å². The van der Waals surface area contributed by atoms with E-state index < -0.39 is 46.9 Å². The molecule has 0 heterocycles. The summed E-state index contributed by atoms with van der Waals surface area (Å²) < 4.78 is 85.6. The van der Waals surface area contributed by atoms with Gasteiger partial charge in [-0.05, 0) is 23.8 Å². The number of alkyl halides is 6. The second-order valence-corrected chi connectivity index (χ2v) is 3.56. The molecule has 0 amide bonds. The molecule has 0 atom stereocenters. The maximum Gasteiger partial charge on any atom is 0.454 e. The average Bonchev–Trinajstić information content (AvgIpc) is 2.26. The summed E-state index contributed by atoms with van der Waals surface area (Å²) in [7, 11) is 0. The van der Waals surface area contributed by atoms with Crippen LogP contribution >= 0.6 is 0 Å². The average molecular weight is 301 g/mol. The van der Waals surface area contributed by atoms with Gasteiger partial charge in [-0.25, -0.2) is 4.39 Å². The second-order valence-electron chi connectivity index (χ2n) is 3.56. The van der Waals surface area contributed by atoms with E-state index in [9.17, 15) is 40.6 Å². The number of benzene rings is 1. The highest BCUT2D eigenvalue weighted by atomic mass is 19.4. The number of carbonyl (C=O) groups is 1. The molecule has 20 heavy (non-hydrogen) atoms. The predicted octanol–water partition coefficient (Wildman–Crippen LogP) is 2.68. The smallest absolute Gasteiger partial charge is 0.454 e. The summed E-state index contributed by atoms with van der Waals surface area (Å²) in [6.45, 7) is 0. The Balaban J connectivity index is 3.22. The summed E-state index contributed by atoms with van der Waals surface area (Å²) in [5, 5.41) is 11.2. The Morgan fingerprint density at radius 3 is 2.10 bits per heavy atom. The zero-order chi connectivity index (χ0) is 15.7. The van der Waals surface area contributed by atoms with Crippen LogP contribution in [-0.2, 0) is 11.0 Å². The summed E-state index contributed by atoms with van der Waals surface area (Å²) in [6, 6.07) is 0.868. The van der Waals surface area contributed by atoms with Crippen molar-refractivity contribution in [3.05, 3.63) is 41.2 Å². The normalized spacial score (nSPS) is 13.4. The van der Waals surface area contributed by atoms with Gasteiger partial charge in [-0.1, -0.05) is 11.8 Å². The molecule has 0 bridgehead atoms. The van der Waals surface area contributed by atoms with Gasteiger partial charge in [0.15, 0.2) is 0 Å². The third-order valence-corrected chi connectivity index (χ3v) is 2.10. The van der Waals surface area contributed by atoms with Crippen molar-refractivity contribution in [2.45, 2.75) is 12.4 Å². The van der Waals surface area contributed by atoms with Gasteiger partial charge in [0.25, 0.3) is 5.78 Å². The molecular weight excluding hydrogens is 297 g/mol. The third-order valence-electron chi connectivity index (χ3n) is 2.10. The summed E-state index contributed by atoms with van der Waals surface area (Å²) in [5.74, 6) is -5.80. The first-order valence-corrected chi connectivity index (χ1v) is 4.80. The molecule has 0 spiro atoms. The van der Waals surface area contributed by atoms with Crippen LogP contribution in [0.25, 0.3) is 5.76 Å². The van der Waals surface area contributed by atoms with Gasteiger partial charge in [0.05, 0.1) is 5.56 Å². The quantitative estimate of drug-likeness (QED) is 0.479. The SMILES string of the molecule is O=C(/C=C(\[O-])c1ccc(F)c(C(F)(F)F)c1)C(F)(F)F. The fourth-order valence-electron chi connectivity index (χ4n) is 1.18. The molecule has 1 aromatic rings. The van der Waals surface area contributed by atoms with Crippen LogP contribution in [0.1, 0.15) is 11.1 Å². The minimum absolute atomic E-state index is 0.0395. The molecule has 0 aromatic heterocycles. The van der Waals surface area contributed by atoms with Crippen LogP contribution in [0.15, 0.2) is 24.3 Å². The molecule has 0 aliphatic heterocycles. The van der Waals surface area contributed by atoms with Crippen molar-refractivity contribution < 1.29 is 40.6 Å². The number of rotatable bonds is 2. The molecule has 2 nitrogen and oxygen atoms in total. The first-order chi connectivity index (χ1) is 8.93. The van der Waals surface area contributed by atoms with E-state index in [0.29, 0.717) is 6.07 Å². The molecule has 0 saturated heterocycles. The van der Waals surface area contributed by atoms with E-state index in [1.54, 1.807) is 0 Å². The lowest BCUT2D eigenvalue weighted by atomic mass is 10.1. The van der Waals surface area contributed by atoms with Gasteiger partial charge < -0.3 is 5.11 Å². The lowest BCUT2D eigenvalue weighted by Crippen LogP contribution is -2.22. The van der Waals surface area contributed by atoms with Gasteiger partial charge in [-0.15, -0.1) is 0 Å². The Morgan fingerprint density at radius 1 is 1.10 bits per heavy atom. The Kier molecular flexibility index (Phi) is 4.11. The highest BCUT2D eigenvalue weighted by Gasteiger charge is 2.36. The molecule has 0 fully saturated rings. The highest BCUT2D eigenvalue weighted by Crippen LogP contribution is 2.32. The van der Waals surface area contributed by atoms with Crippen LogP contribution in [0.3, 0.4) is 0 Å². The first-order valence-electron chi connectivity index (χ1n) is 4.80. The molecule has 0 aliphatic carbocycles. The van der Waals surface area contributed by atoms with E-state index in [1.807, 2.05) is 0 Å². The lowest BCUT2D eigenvalue weighted by molar-refractivity contribution is -0.244. The van der Waals surface area contributed by atoms with Crippen LogP contribution < -0.4 is 5.11 Å². The number of hydrogen-bond acceptors (Lipinski definition) is 2. The molecule has 110 valence electrons. The van der Waals surface area contributed by atoms with E-state index in [1.165, 1.54) is 0 Å². The van der Waals surface area contributed by atoms with Crippen molar-refractivity contribution in [2.75, 3.05) is 0 Å². The number of hydrogen-bond donors (Lipinski definition) is 0. The van der Waals surface area contributed by atoms with E-state index in [0.717, 1.165) is 0 Å². The number of allylic oxidation sites excluding steroid dienone is 1. The molecular formula is C11H4F7O2-. The van der Waals surface area contributed by atoms with Crippen molar-refractivity contribution >= 4 is 11.5 Å². The Labute approximate surface area is 107 Å². The Hall–Kier alpha value is -2.06. The fourth-order valence-corrected chi connectivity index (χ4v) is 1.18. The van der Waals surface area contributed by atoms with Crippen molar-refractivity contribution in [2.24, 2.45) is 0 Å². The van der Waals surface area contributed by atoms with Crippen LogP contribution in [0.2, 0.25) is 0 Å². The number of ketones is 1. The maximum absolute atomic E-state index is 12.9. The molecule has 0 radical (unpaired) electrons. The summed E-state index contributed by atoms with van der Waals surface area (Å²) in [5.41, 5.74) is -2.69. The molecule has 0 N–H and O–H groups in total. The molecule has 0 saturated carbocycles. The molecule has 0 aliphatic rings. The second kappa shape index (κ2) is 5.14. The van der Waals surface area contributed by atoms with Gasteiger partial charge in [0.1, 0.15) is 5.82 Å². The Bertz CT molecular complexity index is 555. The topological polar surface area (TPSA) is 40.1 Å². The van der Waals surface area contributed by atoms with Crippen molar-refractivity contribution in [3.8, 4) is 0 Å². The van der Waals surface area contributed by atoms with E-state index >= 15 is 0 Å². The molecule has 1 rings (SSSR count). The number of halogens is 7. The van der Waals surface area contributed by atoms with E-state index in [4.69, 9.17) is 0 Å². The predicted molar refractivity (Wildman–Crippen MR) is 50.4 cm³/mol. The molecule has 9 heteroatoms. The van der Waals surface area contributed by atoms with Gasteiger partial charge >= 0.3 is 12.4 Å². The lowest BCUT2D eigenvalue weighted by Gasteiger charge is -2.15. The summed E-state index contributed by atoms with van der Waals surface area (Å²) in [6.07, 6.45) is -10.8. The van der Waals surface area contributed by atoms with Crippen LogP contribution in [0.5, 0.6) is 0 Å². The summed E-state index contributed by atoms with van der Waals surface area (Å²) in [4.78, 5) is 10.5. The van der Waals surface area contributed by atoms with Gasteiger partial charge in [-0.3, -0.25) is 4.79 Å². The third kappa shape index (κ3) is 3.72. The van der Waals surface area contributed by atoms with Crippen LogP contribution in [0, 0.1) is 5.82 Å². The fraction of sp³-hybridized carbons (Fsp3) is 0.182. The van der Waals surface area contributed by atoms with E-state index in [2.05, 4.69) is 0 Å². The zero-order valence-electron chi connectivity index (χ0n) is 9.27. The first kappa shape index (κ1) is 16.0. The Morgan fingerprint density at radius 2 is 1.65 bits per heavy atom. The summed E-state index contributed by atoms with van der Waals surface area (Å²) >= 11 is 0. The largest absolute Gasteiger partial charge is 0.872 e. The van der Waals surface area contributed by atoms with Gasteiger partial charge in [0, 0.05) is 0 Å².